The van der Waals surface area contributed by atoms with E-state index in [9.17, 15) is 21.9 Å². The second-order valence-electron chi connectivity index (χ2n) is 14.6. The third kappa shape index (κ3) is 7.14. The van der Waals surface area contributed by atoms with Crippen LogP contribution in [0, 0.1) is 39.1 Å². The maximum atomic E-state index is 10.2. The number of benzene rings is 9. The maximum absolute atomic E-state index is 10.2. The minimum absolute atomic E-state index is 0. The summed E-state index contributed by atoms with van der Waals surface area (Å²) in [5.74, 6) is -3.28. The molecule has 0 amide bonds. The van der Waals surface area contributed by atoms with Crippen LogP contribution in [-0.4, -0.2) is 18.7 Å². The van der Waals surface area contributed by atoms with Gasteiger partial charge in [0.25, 0.3) is 6.33 Å². The number of rotatable bonds is 8. The molecule has 0 saturated carbocycles. The van der Waals surface area contributed by atoms with E-state index in [4.69, 9.17) is 37.6 Å². The molecule has 13 rings (SSSR count). The summed E-state index contributed by atoms with van der Waals surface area (Å²) in [5, 5.41) is -2.32. The van der Waals surface area contributed by atoms with Crippen molar-refractivity contribution in [2.45, 2.75) is 20.6 Å². The first-order valence-corrected chi connectivity index (χ1v) is 20.0. The first kappa shape index (κ1) is 17.9. The van der Waals surface area contributed by atoms with Crippen molar-refractivity contribution in [1.82, 2.24) is 18.7 Å². The fraction of sp³-hybridized carbons (Fsp3) is 0.0476. The van der Waals surface area contributed by atoms with Crippen molar-refractivity contribution < 1.29 is 85.2 Å². The third-order valence-corrected chi connectivity index (χ3v) is 10.6. The minimum Gasteiger partial charge on any atom is -0.510 e. The van der Waals surface area contributed by atoms with Gasteiger partial charge in [-0.15, -0.1) is 29.6 Å². The topological polar surface area (TPSA) is 40.8 Å². The fourth-order valence-electron chi connectivity index (χ4n) is 7.72. The molecule has 6 nitrogen and oxygen atoms in total. The van der Waals surface area contributed by atoms with Gasteiger partial charge in [-0.05, 0) is 111 Å². The Bertz CT molecular complexity index is 6200. The van der Waals surface area contributed by atoms with E-state index in [0.29, 0.717) is 13.7 Å². The minimum atomic E-state index is -3.61. The molecule has 0 aliphatic carbocycles. The predicted molar refractivity (Wildman–Crippen MR) is 279 cm³/mol. The molecule has 13 aromatic rings. The Morgan fingerprint density at radius 1 is 0.543 bits per heavy atom. The van der Waals surface area contributed by atoms with Gasteiger partial charge < -0.3 is 18.4 Å². The number of nitrogens with zero attached hydrogens (tertiary/aromatic N) is 5. The van der Waals surface area contributed by atoms with E-state index >= 15 is 0 Å². The van der Waals surface area contributed by atoms with Gasteiger partial charge in [0.1, 0.15) is 5.82 Å². The molecular weight excluding hydrogens is 1040 g/mol. The molecule has 0 spiro atoms. The summed E-state index contributed by atoms with van der Waals surface area (Å²) in [6, 6.07) is -29.0. The van der Waals surface area contributed by atoms with Crippen molar-refractivity contribution in [3.8, 4) is 56.6 Å². The smallest absolute Gasteiger partial charge is 0.268 e. The zero-order valence-electron chi connectivity index (χ0n) is 75.0. The van der Waals surface area contributed by atoms with Gasteiger partial charge in [-0.2, -0.15) is 18.1 Å². The largest absolute Gasteiger partial charge is 0.510 e. The van der Waals surface area contributed by atoms with E-state index in [-0.39, 0.29) is 32.0 Å². The number of fused-ring (bicyclic) bond motifs is 7. The zero-order valence-corrected chi connectivity index (χ0v) is 37.2. The number of ether oxygens (including phenoxy) is 1. The van der Waals surface area contributed by atoms with E-state index in [1.165, 1.54) is 6.92 Å². The number of aromatic nitrogens is 5. The number of para-hydroxylation sites is 4. The molecule has 9 aromatic carbocycles. The normalized spacial score (nSPS) is 20.0. The zero-order chi connectivity index (χ0) is 80.8. The van der Waals surface area contributed by atoms with E-state index in [1.54, 1.807) is 0 Å². The van der Waals surface area contributed by atoms with Gasteiger partial charge >= 0.3 is 0 Å². The van der Waals surface area contributed by atoms with Crippen molar-refractivity contribution in [2.75, 3.05) is 0 Å². The van der Waals surface area contributed by atoms with Crippen LogP contribution < -0.4 is 9.30 Å². The Balaban J connectivity index is 0.0000113. The molecule has 4 aromatic heterocycles. The second kappa shape index (κ2) is 17.3. The quantitative estimate of drug-likeness (QED) is 0.112. The predicted octanol–water partition coefficient (Wildman–Crippen LogP) is 14.9. The summed E-state index contributed by atoms with van der Waals surface area (Å²) in [6.07, 6.45) is 1.29. The van der Waals surface area contributed by atoms with Crippen molar-refractivity contribution in [3.63, 3.8) is 0 Å². The molecule has 338 valence electrons. The molecule has 0 fully saturated rings. The van der Waals surface area contributed by atoms with Crippen LogP contribution in [0.5, 0.6) is 11.5 Å². The van der Waals surface area contributed by atoms with Gasteiger partial charge in [-0.3, -0.25) is 4.57 Å². The Kier molecular flexibility index (Phi) is 4.43. The number of hydrogen-bond acceptors (Lipinski definition) is 2. The molecule has 0 N–H and O–H groups in total. The summed E-state index contributed by atoms with van der Waals surface area (Å²) in [7, 11) is 0. The second-order valence-corrected chi connectivity index (χ2v) is 14.6. The Morgan fingerprint density at radius 2 is 1.20 bits per heavy atom. The Hall–Kier alpha value is -8.31. The van der Waals surface area contributed by atoms with Crippen LogP contribution in [0.1, 0.15) is 71.5 Å². The van der Waals surface area contributed by atoms with Crippen LogP contribution in [0.3, 0.4) is 0 Å². The van der Waals surface area contributed by atoms with Crippen LogP contribution in [0.2, 0.25) is 0 Å². The van der Waals surface area contributed by atoms with Crippen LogP contribution in [-0.2, 0) is 21.1 Å². The summed E-state index contributed by atoms with van der Waals surface area (Å²) in [4.78, 5) is 4.05. The van der Waals surface area contributed by atoms with E-state index in [2.05, 4.69) is 23.4 Å². The molecule has 0 aliphatic heterocycles. The first-order chi connectivity index (χ1) is 50.5. The fourth-order valence-corrected chi connectivity index (χ4v) is 7.72. The molecule has 7 heteroatoms. The Labute approximate surface area is 476 Å². The van der Waals surface area contributed by atoms with Crippen molar-refractivity contribution in [2.24, 2.45) is 0 Å². The van der Waals surface area contributed by atoms with Crippen molar-refractivity contribution in [1.29, 1.82) is 0 Å². The molecule has 70 heavy (non-hydrogen) atoms. The molecule has 0 atom stereocenters. The van der Waals surface area contributed by atoms with Gasteiger partial charge in [0.2, 0.25) is 0 Å². The van der Waals surface area contributed by atoms with Gasteiger partial charge in [0.15, 0.2) is 0 Å². The number of hydrogen-bond donors (Lipinski definition) is 0. The number of imidazole rings is 1. The van der Waals surface area contributed by atoms with Crippen LogP contribution in [0.4, 0.5) is 0 Å². The monoisotopic (exact) mass is 1120 g/mol. The molecule has 0 unspecified atom stereocenters. The average Bonchev–Trinajstić information content (AvgIpc) is 1.51. The van der Waals surface area contributed by atoms with Gasteiger partial charge in [0, 0.05) is 71.7 Å². The van der Waals surface area contributed by atoms with Crippen LogP contribution in [0.15, 0.2) is 206 Å². The third-order valence-electron chi connectivity index (χ3n) is 10.6. The summed E-state index contributed by atoms with van der Waals surface area (Å²) in [5.41, 5.74) is -13.9. The first-order valence-electron chi connectivity index (χ1n) is 40.0. The van der Waals surface area contributed by atoms with Crippen LogP contribution in [0.25, 0.3) is 99.8 Å². The van der Waals surface area contributed by atoms with Crippen molar-refractivity contribution in [3.05, 3.63) is 241 Å². The molecule has 4 heterocycles. The van der Waals surface area contributed by atoms with Gasteiger partial charge in [0.05, 0.1) is 67.5 Å². The van der Waals surface area contributed by atoms with E-state index < -0.39 is 336 Å². The summed E-state index contributed by atoms with van der Waals surface area (Å²) < 4.78 is 370. The maximum Gasteiger partial charge on any atom is 0.268 e. The molecule has 0 radical (unpaired) electrons. The van der Waals surface area contributed by atoms with Gasteiger partial charge in [-0.25, -0.2) is 4.98 Å². The SMILES string of the molecule is [2H]c1nc(-n2c3[c-]c(Oc4[c-]c(-n5[c-][n+](-c6c(-c7c([2H])c([2H])c([2H])c([2H])c7[2H])c([2H])c([2H])c([2H])c6-c6c([2H])c([2H])c([2H])c([2H])c6[2H])c6c([2H])c([2H])c([2H])c([2H])c65)c([2H])c([2H])c4[2H])c([2H])c([2H])c3c3c([2H])c(-n4c5c([2H])c([2H])c([2H])c([2H])c5c5c([2H])c(C)c([2H])c([2H])c54)c([2H])c([2H])c32)c([2H])c(C([2H])([2H])[2H])c1C([2H])([2H])[2H].[Pt]. The van der Waals surface area contributed by atoms with E-state index in [0.717, 1.165) is 4.57 Å². The molecule has 0 bridgehead atoms. The Morgan fingerprint density at radius 3 is 1.99 bits per heavy atom. The number of pyridine rings is 1. The average molecular weight is 1120 g/mol. The summed E-state index contributed by atoms with van der Waals surface area (Å²) >= 11 is 0. The molecule has 0 aliphatic rings. The van der Waals surface area contributed by atoms with Crippen molar-refractivity contribution >= 4 is 54.6 Å². The standard InChI is InChI=1S/C63H43N5O.Pt/c1-41-28-32-57-54(34-41)52-22-10-11-25-56(52)67(57)47-29-33-58-55(37-47)53-31-30-49(38-61(53)68(58)62-35-42(2)43(3)39-64-62)69-48-21-14-20-46(36-48)65-40-66(60-27-13-12-26-59(60)65)63-50(44-16-6-4-7-17-44)23-15-24-51(63)45-18-8-5-9-19-45;/h4-35,37,39H,1-3H3;/q-2;/i2D3,3D3,4D,5D,6D,7D,8D,9D,10D,11D,12D,13D,14D,15D,16D,17D,18D,19D,20D,21D,22D,23D,24D,25D,26D,27D,28D,29D,30D,31D,32D,33D,34D,35D,37D,39D;. The molecule has 0 saturated heterocycles. The van der Waals surface area contributed by atoms with Crippen LogP contribution >= 0.6 is 0 Å². The summed E-state index contributed by atoms with van der Waals surface area (Å²) in [6.45, 7) is -5.82. The van der Waals surface area contributed by atoms with Gasteiger partial charge in [-0.1, -0.05) is 138 Å². The molecular formula is C63H43N5OPt-2. The van der Waals surface area contributed by atoms with E-state index in [1.807, 2.05) is 0 Å².